The SMILES string of the molecule is CC(C)(C)C(Br)CCCc1ccc(Cl)s1. The summed E-state index contributed by atoms with van der Waals surface area (Å²) in [5.41, 5.74) is 0.354. The summed E-state index contributed by atoms with van der Waals surface area (Å²) in [5.74, 6) is 0. The Morgan fingerprint density at radius 3 is 2.53 bits per heavy atom. The fourth-order valence-corrected chi connectivity index (χ4v) is 2.83. The van der Waals surface area contributed by atoms with Crippen LogP contribution in [0.4, 0.5) is 0 Å². The summed E-state index contributed by atoms with van der Waals surface area (Å²) in [4.78, 5) is 1.99. The highest BCUT2D eigenvalue weighted by Gasteiger charge is 2.20. The van der Waals surface area contributed by atoms with Crippen LogP contribution in [0.1, 0.15) is 38.5 Å². The predicted octanol–water partition coefficient (Wildman–Crippen LogP) is 5.53. The van der Waals surface area contributed by atoms with Crippen molar-refractivity contribution in [2.75, 3.05) is 0 Å². The number of hydrogen-bond acceptors (Lipinski definition) is 1. The van der Waals surface area contributed by atoms with Gasteiger partial charge in [-0.05, 0) is 36.8 Å². The first-order valence-corrected chi connectivity index (χ1v) is 7.39. The smallest absolute Gasteiger partial charge is 0.0931 e. The largest absolute Gasteiger partial charge is 0.128 e. The lowest BCUT2D eigenvalue weighted by atomic mass is 9.89. The van der Waals surface area contributed by atoms with E-state index >= 15 is 0 Å². The van der Waals surface area contributed by atoms with Gasteiger partial charge >= 0.3 is 0 Å². The molecular formula is C12H18BrClS. The molecule has 1 unspecified atom stereocenters. The molecule has 1 aromatic rings. The third kappa shape index (κ3) is 4.88. The molecule has 15 heavy (non-hydrogen) atoms. The Kier molecular flexibility index (Phi) is 5.14. The van der Waals surface area contributed by atoms with Crippen LogP contribution in [0, 0.1) is 5.41 Å². The van der Waals surface area contributed by atoms with E-state index in [1.54, 1.807) is 11.3 Å². The highest BCUT2D eigenvalue weighted by atomic mass is 79.9. The van der Waals surface area contributed by atoms with Crippen LogP contribution in [0.3, 0.4) is 0 Å². The van der Waals surface area contributed by atoms with E-state index < -0.39 is 0 Å². The maximum Gasteiger partial charge on any atom is 0.0931 e. The lowest BCUT2D eigenvalue weighted by Crippen LogP contribution is -2.20. The van der Waals surface area contributed by atoms with Crippen LogP contribution in [-0.4, -0.2) is 4.83 Å². The molecule has 0 fully saturated rings. The van der Waals surface area contributed by atoms with Gasteiger partial charge in [0.15, 0.2) is 0 Å². The predicted molar refractivity (Wildman–Crippen MR) is 74.4 cm³/mol. The van der Waals surface area contributed by atoms with Crippen LogP contribution in [0.25, 0.3) is 0 Å². The molecule has 0 amide bonds. The minimum Gasteiger partial charge on any atom is -0.128 e. The minimum absolute atomic E-state index is 0.354. The second-order valence-electron chi connectivity index (χ2n) is 4.93. The number of thiophene rings is 1. The zero-order chi connectivity index (χ0) is 11.5. The Labute approximate surface area is 110 Å². The van der Waals surface area contributed by atoms with E-state index in [1.165, 1.54) is 17.7 Å². The van der Waals surface area contributed by atoms with Crippen LogP contribution in [-0.2, 0) is 6.42 Å². The molecule has 1 atom stereocenters. The third-order valence-electron chi connectivity index (χ3n) is 2.45. The average molecular weight is 310 g/mol. The van der Waals surface area contributed by atoms with E-state index in [4.69, 9.17) is 11.6 Å². The summed E-state index contributed by atoms with van der Waals surface area (Å²) in [7, 11) is 0. The molecule has 0 nitrogen and oxygen atoms in total. The van der Waals surface area contributed by atoms with Crippen molar-refractivity contribution in [2.45, 2.75) is 44.9 Å². The van der Waals surface area contributed by atoms with Crippen LogP contribution >= 0.6 is 38.9 Å². The fourth-order valence-electron chi connectivity index (χ4n) is 1.37. The first kappa shape index (κ1) is 13.5. The first-order chi connectivity index (χ1) is 6.89. The Bertz CT molecular complexity index is 301. The molecule has 0 radical (unpaired) electrons. The lowest BCUT2D eigenvalue weighted by molar-refractivity contribution is 0.380. The number of rotatable bonds is 4. The molecule has 86 valence electrons. The van der Waals surface area contributed by atoms with Crippen molar-refractivity contribution in [2.24, 2.45) is 5.41 Å². The Hall–Kier alpha value is 0.470. The number of alkyl halides is 1. The van der Waals surface area contributed by atoms with Gasteiger partial charge in [0.25, 0.3) is 0 Å². The molecule has 0 aromatic carbocycles. The van der Waals surface area contributed by atoms with Crippen LogP contribution in [0.15, 0.2) is 12.1 Å². The van der Waals surface area contributed by atoms with Crippen molar-refractivity contribution < 1.29 is 0 Å². The third-order valence-corrected chi connectivity index (χ3v) is 5.57. The van der Waals surface area contributed by atoms with Crippen molar-refractivity contribution in [3.05, 3.63) is 21.3 Å². The normalized spacial score (nSPS) is 14.2. The monoisotopic (exact) mass is 308 g/mol. The number of aryl methyl sites for hydroxylation is 1. The van der Waals surface area contributed by atoms with E-state index in [9.17, 15) is 0 Å². The van der Waals surface area contributed by atoms with Gasteiger partial charge < -0.3 is 0 Å². The molecule has 1 rings (SSSR count). The molecule has 0 N–H and O–H groups in total. The molecule has 3 heteroatoms. The molecular weight excluding hydrogens is 292 g/mol. The zero-order valence-corrected chi connectivity index (χ0v) is 12.7. The fraction of sp³-hybridized carbons (Fsp3) is 0.667. The standard InChI is InChI=1S/C12H18BrClS/c1-12(2,3)10(13)6-4-5-9-7-8-11(14)15-9/h7-8,10H,4-6H2,1-3H3. The molecule has 1 heterocycles. The maximum absolute atomic E-state index is 5.88. The zero-order valence-electron chi connectivity index (χ0n) is 9.52. The van der Waals surface area contributed by atoms with Gasteiger partial charge in [-0.15, -0.1) is 11.3 Å². The minimum atomic E-state index is 0.354. The summed E-state index contributed by atoms with van der Waals surface area (Å²) in [6, 6.07) is 4.12. The van der Waals surface area contributed by atoms with Gasteiger partial charge in [0.1, 0.15) is 0 Å². The topological polar surface area (TPSA) is 0 Å². The Morgan fingerprint density at radius 2 is 2.07 bits per heavy atom. The van der Waals surface area contributed by atoms with Crippen LogP contribution in [0.5, 0.6) is 0 Å². The second-order valence-corrected chi connectivity index (χ2v) is 7.84. The summed E-state index contributed by atoms with van der Waals surface area (Å²) >= 11 is 11.3. The highest BCUT2D eigenvalue weighted by molar-refractivity contribution is 9.09. The molecule has 1 aromatic heterocycles. The summed E-state index contributed by atoms with van der Waals surface area (Å²) in [6.45, 7) is 6.82. The molecule has 0 spiro atoms. The van der Waals surface area contributed by atoms with Crippen molar-refractivity contribution in [3.63, 3.8) is 0 Å². The van der Waals surface area contributed by atoms with Crippen molar-refractivity contribution in [1.29, 1.82) is 0 Å². The van der Waals surface area contributed by atoms with E-state index in [-0.39, 0.29) is 0 Å². The quantitative estimate of drug-likeness (QED) is 0.641. The molecule has 0 saturated heterocycles. The van der Waals surface area contributed by atoms with Gasteiger partial charge in [-0.1, -0.05) is 48.3 Å². The summed E-state index contributed by atoms with van der Waals surface area (Å²) < 4.78 is 0.899. The van der Waals surface area contributed by atoms with Gasteiger partial charge in [-0.25, -0.2) is 0 Å². The average Bonchev–Trinajstić information content (AvgIpc) is 2.49. The Balaban J connectivity index is 2.28. The summed E-state index contributed by atoms with van der Waals surface area (Å²) in [6.07, 6.45) is 3.60. The van der Waals surface area contributed by atoms with Crippen molar-refractivity contribution >= 4 is 38.9 Å². The molecule has 0 bridgehead atoms. The molecule has 0 saturated carbocycles. The van der Waals surface area contributed by atoms with Gasteiger partial charge in [0, 0.05) is 9.70 Å². The molecule has 0 aliphatic rings. The first-order valence-electron chi connectivity index (χ1n) is 5.28. The van der Waals surface area contributed by atoms with Gasteiger partial charge in [0.05, 0.1) is 4.34 Å². The summed E-state index contributed by atoms with van der Waals surface area (Å²) in [5, 5.41) is 0. The van der Waals surface area contributed by atoms with Gasteiger partial charge in [0.2, 0.25) is 0 Å². The van der Waals surface area contributed by atoms with E-state index in [2.05, 4.69) is 42.8 Å². The highest BCUT2D eigenvalue weighted by Crippen LogP contribution is 2.30. The number of halogens is 2. The van der Waals surface area contributed by atoms with E-state index in [0.717, 1.165) is 10.8 Å². The second kappa shape index (κ2) is 5.70. The van der Waals surface area contributed by atoms with E-state index in [0.29, 0.717) is 10.2 Å². The van der Waals surface area contributed by atoms with E-state index in [1.807, 2.05) is 6.07 Å². The molecule has 0 aliphatic carbocycles. The van der Waals surface area contributed by atoms with Crippen LogP contribution < -0.4 is 0 Å². The Morgan fingerprint density at radius 1 is 1.40 bits per heavy atom. The van der Waals surface area contributed by atoms with Crippen LogP contribution in [0.2, 0.25) is 4.34 Å². The van der Waals surface area contributed by atoms with Gasteiger partial charge in [-0.3, -0.25) is 0 Å². The lowest BCUT2D eigenvalue weighted by Gasteiger charge is -2.25. The molecule has 0 aliphatic heterocycles. The number of hydrogen-bond donors (Lipinski definition) is 0. The van der Waals surface area contributed by atoms with Gasteiger partial charge in [-0.2, -0.15) is 0 Å². The van der Waals surface area contributed by atoms with Crippen molar-refractivity contribution in [3.8, 4) is 0 Å². The van der Waals surface area contributed by atoms with Crippen molar-refractivity contribution in [1.82, 2.24) is 0 Å². The maximum atomic E-state index is 5.88.